The zero-order chi connectivity index (χ0) is 7.23. The van der Waals surface area contributed by atoms with E-state index in [1.54, 1.807) is 0 Å². The van der Waals surface area contributed by atoms with Gasteiger partial charge in [-0.2, -0.15) is 11.8 Å². The minimum atomic E-state index is 0.737. The zero-order valence-electron chi connectivity index (χ0n) is 6.21. The van der Waals surface area contributed by atoms with Gasteiger partial charge in [-0.15, -0.1) is 0 Å². The zero-order valence-corrected chi connectivity index (χ0v) is 7.03. The summed E-state index contributed by atoms with van der Waals surface area (Å²) < 4.78 is 0. The number of hydrogen-bond donors (Lipinski definition) is 0. The number of carbonyl (C=O) groups is 1. The van der Waals surface area contributed by atoms with E-state index in [2.05, 4.69) is 0 Å². The lowest BCUT2D eigenvalue weighted by molar-refractivity contribution is -0.107. The standard InChI is InChI=1S/C8H14OS/c9-6-3-7-10-8-4-1-2-5-8/h6,8H,1-5,7H2. The summed E-state index contributed by atoms with van der Waals surface area (Å²) in [7, 11) is 0. The molecule has 10 heavy (non-hydrogen) atoms. The third kappa shape index (κ3) is 2.74. The fraction of sp³-hybridized carbons (Fsp3) is 0.875. The van der Waals surface area contributed by atoms with E-state index in [4.69, 9.17) is 0 Å². The van der Waals surface area contributed by atoms with Crippen LogP contribution in [0.3, 0.4) is 0 Å². The van der Waals surface area contributed by atoms with E-state index < -0.39 is 0 Å². The van der Waals surface area contributed by atoms with Crippen LogP contribution in [-0.4, -0.2) is 17.3 Å². The van der Waals surface area contributed by atoms with Crippen molar-refractivity contribution in [3.63, 3.8) is 0 Å². The average molecular weight is 158 g/mol. The predicted octanol–water partition coefficient (Wildman–Crippen LogP) is 2.25. The highest BCUT2D eigenvalue weighted by Gasteiger charge is 2.14. The lowest BCUT2D eigenvalue weighted by atomic mass is 10.4. The summed E-state index contributed by atoms with van der Waals surface area (Å²) in [4.78, 5) is 9.97. The molecule has 0 saturated heterocycles. The Morgan fingerprint density at radius 1 is 1.40 bits per heavy atom. The second-order valence-electron chi connectivity index (χ2n) is 2.73. The second kappa shape index (κ2) is 4.78. The van der Waals surface area contributed by atoms with Crippen LogP contribution in [0, 0.1) is 0 Å². The van der Waals surface area contributed by atoms with E-state index >= 15 is 0 Å². The van der Waals surface area contributed by atoms with Crippen LogP contribution in [0.1, 0.15) is 32.1 Å². The van der Waals surface area contributed by atoms with Gasteiger partial charge in [-0.25, -0.2) is 0 Å². The summed E-state index contributed by atoms with van der Waals surface area (Å²) in [5, 5.41) is 0.875. The molecule has 1 aliphatic carbocycles. The summed E-state index contributed by atoms with van der Waals surface area (Å²) in [5.41, 5.74) is 0. The summed E-state index contributed by atoms with van der Waals surface area (Å²) in [5.74, 6) is 1.04. The number of rotatable bonds is 4. The molecular formula is C8H14OS. The summed E-state index contributed by atoms with van der Waals surface area (Å²) in [6.07, 6.45) is 7.31. The first-order chi connectivity index (χ1) is 4.93. The molecule has 0 N–H and O–H groups in total. The van der Waals surface area contributed by atoms with E-state index in [1.165, 1.54) is 25.7 Å². The molecule has 1 rings (SSSR count). The molecule has 0 heterocycles. The monoisotopic (exact) mass is 158 g/mol. The number of hydrogen-bond acceptors (Lipinski definition) is 2. The lowest BCUT2D eigenvalue weighted by Crippen LogP contribution is -1.95. The molecule has 0 radical (unpaired) electrons. The molecule has 1 fully saturated rings. The molecular weight excluding hydrogens is 144 g/mol. The SMILES string of the molecule is O=CCCSC1CCCC1. The van der Waals surface area contributed by atoms with Crippen molar-refractivity contribution in [1.29, 1.82) is 0 Å². The molecule has 1 aliphatic rings. The maximum Gasteiger partial charge on any atom is 0.120 e. The van der Waals surface area contributed by atoms with Gasteiger partial charge in [-0.1, -0.05) is 12.8 Å². The Kier molecular flexibility index (Phi) is 3.88. The van der Waals surface area contributed by atoms with Gasteiger partial charge in [0.25, 0.3) is 0 Å². The minimum Gasteiger partial charge on any atom is -0.303 e. The van der Waals surface area contributed by atoms with Crippen molar-refractivity contribution in [2.24, 2.45) is 0 Å². The van der Waals surface area contributed by atoms with E-state index in [-0.39, 0.29) is 0 Å². The van der Waals surface area contributed by atoms with Crippen LogP contribution >= 0.6 is 11.8 Å². The van der Waals surface area contributed by atoms with Crippen molar-refractivity contribution < 1.29 is 4.79 Å². The molecule has 0 amide bonds. The Morgan fingerprint density at radius 2 is 2.10 bits per heavy atom. The van der Waals surface area contributed by atoms with Crippen LogP contribution in [0.5, 0.6) is 0 Å². The molecule has 1 nitrogen and oxygen atoms in total. The second-order valence-corrected chi connectivity index (χ2v) is 4.14. The third-order valence-electron chi connectivity index (χ3n) is 1.89. The predicted molar refractivity (Wildman–Crippen MR) is 45.4 cm³/mol. The van der Waals surface area contributed by atoms with Gasteiger partial charge in [0.1, 0.15) is 6.29 Å². The maximum absolute atomic E-state index is 9.97. The van der Waals surface area contributed by atoms with Gasteiger partial charge >= 0.3 is 0 Å². The highest BCUT2D eigenvalue weighted by molar-refractivity contribution is 7.99. The number of thioether (sulfide) groups is 1. The van der Waals surface area contributed by atoms with Crippen molar-refractivity contribution in [3.8, 4) is 0 Å². The Balaban J connectivity index is 1.96. The Bertz CT molecular complexity index is 97.4. The molecule has 1 saturated carbocycles. The molecule has 0 aromatic heterocycles. The van der Waals surface area contributed by atoms with E-state index in [0.717, 1.165) is 23.7 Å². The quantitative estimate of drug-likeness (QED) is 0.461. The first kappa shape index (κ1) is 8.12. The fourth-order valence-corrected chi connectivity index (χ4v) is 2.57. The van der Waals surface area contributed by atoms with Crippen LogP contribution < -0.4 is 0 Å². The van der Waals surface area contributed by atoms with Crippen molar-refractivity contribution in [1.82, 2.24) is 0 Å². The molecule has 0 aromatic carbocycles. The summed E-state index contributed by atoms with van der Waals surface area (Å²) in [6.45, 7) is 0. The molecule has 0 bridgehead atoms. The highest BCUT2D eigenvalue weighted by Crippen LogP contribution is 2.29. The Labute approximate surface area is 66.6 Å². The van der Waals surface area contributed by atoms with Crippen molar-refractivity contribution in [3.05, 3.63) is 0 Å². The van der Waals surface area contributed by atoms with Crippen LogP contribution in [-0.2, 0) is 4.79 Å². The smallest absolute Gasteiger partial charge is 0.120 e. The first-order valence-electron chi connectivity index (χ1n) is 3.98. The van der Waals surface area contributed by atoms with E-state index in [0.29, 0.717) is 0 Å². The Hall–Kier alpha value is 0.0200. The largest absolute Gasteiger partial charge is 0.303 e. The fourth-order valence-electron chi connectivity index (χ4n) is 1.34. The van der Waals surface area contributed by atoms with E-state index in [9.17, 15) is 4.79 Å². The maximum atomic E-state index is 9.97. The summed E-state index contributed by atoms with van der Waals surface area (Å²) >= 11 is 1.98. The van der Waals surface area contributed by atoms with Crippen LogP contribution in [0.15, 0.2) is 0 Å². The molecule has 0 aliphatic heterocycles. The molecule has 0 atom stereocenters. The third-order valence-corrected chi connectivity index (χ3v) is 3.31. The van der Waals surface area contributed by atoms with Crippen LogP contribution in [0.25, 0.3) is 0 Å². The van der Waals surface area contributed by atoms with Gasteiger partial charge in [0.05, 0.1) is 0 Å². The number of aldehydes is 1. The van der Waals surface area contributed by atoms with Gasteiger partial charge in [0.15, 0.2) is 0 Å². The van der Waals surface area contributed by atoms with Gasteiger partial charge < -0.3 is 4.79 Å². The highest BCUT2D eigenvalue weighted by atomic mass is 32.2. The Morgan fingerprint density at radius 3 is 2.70 bits per heavy atom. The average Bonchev–Trinajstić information content (AvgIpc) is 2.41. The van der Waals surface area contributed by atoms with Gasteiger partial charge in [0, 0.05) is 17.4 Å². The molecule has 58 valence electrons. The lowest BCUT2D eigenvalue weighted by Gasteiger charge is -2.05. The molecule has 2 heteroatoms. The van der Waals surface area contributed by atoms with Crippen molar-refractivity contribution in [2.75, 3.05) is 5.75 Å². The minimum absolute atomic E-state index is 0.737. The number of carbonyl (C=O) groups excluding carboxylic acids is 1. The van der Waals surface area contributed by atoms with Crippen molar-refractivity contribution >= 4 is 18.0 Å². The van der Waals surface area contributed by atoms with Gasteiger partial charge in [0.2, 0.25) is 0 Å². The summed E-state index contributed by atoms with van der Waals surface area (Å²) in [6, 6.07) is 0. The first-order valence-corrected chi connectivity index (χ1v) is 5.03. The molecule has 0 unspecified atom stereocenters. The molecule has 0 aromatic rings. The van der Waals surface area contributed by atoms with E-state index in [1.807, 2.05) is 11.8 Å². The van der Waals surface area contributed by atoms with Crippen LogP contribution in [0.4, 0.5) is 0 Å². The van der Waals surface area contributed by atoms with Crippen LogP contribution in [0.2, 0.25) is 0 Å². The molecule has 0 spiro atoms. The van der Waals surface area contributed by atoms with Gasteiger partial charge in [-0.05, 0) is 12.8 Å². The van der Waals surface area contributed by atoms with Gasteiger partial charge in [-0.3, -0.25) is 0 Å². The topological polar surface area (TPSA) is 17.1 Å². The van der Waals surface area contributed by atoms with Crippen molar-refractivity contribution in [2.45, 2.75) is 37.4 Å². The normalized spacial score (nSPS) is 19.6.